The molecule has 4 aromatic heterocycles. The van der Waals surface area contributed by atoms with Gasteiger partial charge >= 0.3 is 0 Å². The molecule has 6 rings (SSSR count). The summed E-state index contributed by atoms with van der Waals surface area (Å²) < 4.78 is 7.19. The van der Waals surface area contributed by atoms with E-state index in [0.29, 0.717) is 0 Å². The topological polar surface area (TPSA) is 25.1 Å². The first-order valence-electron chi connectivity index (χ1n) is 9.02. The Bertz CT molecular complexity index is 1270. The summed E-state index contributed by atoms with van der Waals surface area (Å²) in [6, 6.07) is 4.48. The van der Waals surface area contributed by atoms with Crippen LogP contribution in [0.25, 0.3) is 27.6 Å². The van der Waals surface area contributed by atoms with E-state index in [0.717, 1.165) is 12.1 Å². The van der Waals surface area contributed by atoms with Crippen molar-refractivity contribution in [3.8, 4) is 0 Å². The second-order valence-electron chi connectivity index (χ2n) is 8.78. The van der Waals surface area contributed by atoms with Crippen molar-refractivity contribution >= 4 is 27.6 Å². The van der Waals surface area contributed by atoms with Crippen LogP contribution in [0.4, 0.5) is 0 Å². The maximum Gasteiger partial charge on any atom is 0.297 e. The van der Waals surface area contributed by atoms with Gasteiger partial charge < -0.3 is 0 Å². The van der Waals surface area contributed by atoms with Crippen LogP contribution >= 0.6 is 0 Å². The Balaban J connectivity index is 2.08. The Labute approximate surface area is 146 Å². The Morgan fingerprint density at radius 3 is 2.72 bits per heavy atom. The van der Waals surface area contributed by atoms with Crippen LogP contribution in [0.3, 0.4) is 0 Å². The van der Waals surface area contributed by atoms with Gasteiger partial charge in [0.1, 0.15) is 25.2 Å². The predicted octanol–water partition coefficient (Wildman–Crippen LogP) is 2.68. The Hall–Kier alpha value is -2.49. The van der Waals surface area contributed by atoms with Gasteiger partial charge in [-0.1, -0.05) is 27.7 Å². The molecule has 0 atom stereocenters. The van der Waals surface area contributed by atoms with Gasteiger partial charge in [-0.3, -0.25) is 0 Å². The highest BCUT2D eigenvalue weighted by Crippen LogP contribution is 2.50. The minimum Gasteiger partial charge on any atom is -0.249 e. The average Bonchev–Trinajstić information content (AvgIpc) is 3.10. The van der Waals surface area contributed by atoms with Crippen molar-refractivity contribution in [3.63, 3.8) is 0 Å². The maximum atomic E-state index is 4.83. The van der Waals surface area contributed by atoms with E-state index < -0.39 is 0 Å². The average molecular weight is 330 g/mol. The van der Waals surface area contributed by atoms with E-state index in [9.17, 15) is 0 Å². The molecule has 0 N–H and O–H groups in total. The van der Waals surface area contributed by atoms with Crippen molar-refractivity contribution in [1.82, 2.24) is 9.38 Å². The Kier molecular flexibility index (Phi) is 2.03. The predicted molar refractivity (Wildman–Crippen MR) is 96.7 cm³/mol. The summed E-state index contributed by atoms with van der Waals surface area (Å²) in [7, 11) is 2.14. The fourth-order valence-corrected chi connectivity index (χ4v) is 5.10. The molecule has 0 saturated heterocycles. The number of rotatable bonds is 0. The van der Waals surface area contributed by atoms with Crippen molar-refractivity contribution < 1.29 is 9.13 Å². The zero-order valence-corrected chi connectivity index (χ0v) is 15.4. The van der Waals surface area contributed by atoms with Crippen LogP contribution in [0.15, 0.2) is 30.7 Å². The maximum absolute atomic E-state index is 4.83. The normalized spacial score (nSPS) is 19.1. The summed E-state index contributed by atoms with van der Waals surface area (Å²) in [5, 5.41) is 1.32. The lowest BCUT2D eigenvalue weighted by molar-refractivity contribution is -0.657. The number of hydrogen-bond acceptors (Lipinski definition) is 1. The smallest absolute Gasteiger partial charge is 0.249 e. The molecule has 4 heteroatoms. The fraction of sp³-hybridized carbons (Fsp3) is 0.381. The van der Waals surface area contributed by atoms with E-state index in [1.165, 1.54) is 38.9 Å². The standard InChI is InChI=1S/C21H22N4/c1-20(2)13-7-9-23(5)18-16-15-12(6-8-22-16)10-24-11-14(21(20,3)4)25(17(13)18)19(15)24/h6-9,11H,10H2,1-5H3/q+2. The van der Waals surface area contributed by atoms with Gasteiger partial charge in [-0.25, -0.2) is 9.55 Å². The van der Waals surface area contributed by atoms with Crippen molar-refractivity contribution in [1.29, 1.82) is 0 Å². The summed E-state index contributed by atoms with van der Waals surface area (Å²) in [5.74, 6) is 0. The second-order valence-corrected chi connectivity index (χ2v) is 8.78. The first-order chi connectivity index (χ1) is 11.8. The monoisotopic (exact) mass is 330 g/mol. The van der Waals surface area contributed by atoms with Crippen LogP contribution in [-0.4, -0.2) is 9.38 Å². The minimum atomic E-state index is 0.0447. The molecule has 0 aliphatic carbocycles. The zero-order chi connectivity index (χ0) is 17.3. The third-order valence-corrected chi connectivity index (χ3v) is 7.23. The molecule has 25 heavy (non-hydrogen) atoms. The number of hydrogen-bond donors (Lipinski definition) is 0. The van der Waals surface area contributed by atoms with Crippen LogP contribution in [-0.2, 0) is 24.4 Å². The lowest BCUT2D eigenvalue weighted by atomic mass is 9.61. The molecule has 4 nitrogen and oxygen atoms in total. The third kappa shape index (κ3) is 1.23. The largest absolute Gasteiger partial charge is 0.297 e. The highest BCUT2D eigenvalue weighted by molar-refractivity contribution is 6.09. The molecule has 0 unspecified atom stereocenters. The van der Waals surface area contributed by atoms with Gasteiger partial charge in [0.2, 0.25) is 5.52 Å². The van der Waals surface area contributed by atoms with Gasteiger partial charge in [0, 0.05) is 34.2 Å². The zero-order valence-electron chi connectivity index (χ0n) is 15.4. The fourth-order valence-electron chi connectivity index (χ4n) is 5.10. The van der Waals surface area contributed by atoms with E-state index in [1.54, 1.807) is 0 Å². The SMILES string of the molecule is C[n+]1ccc2c3c1c1nccc4c1c1n3c(c[n+]1C4)C(C)(C)C2(C)C. The number of fused-ring (bicyclic) bond motifs is 1. The first-order valence-corrected chi connectivity index (χ1v) is 9.02. The molecule has 2 aliphatic rings. The third-order valence-electron chi connectivity index (χ3n) is 7.23. The molecule has 2 aliphatic heterocycles. The van der Waals surface area contributed by atoms with Gasteiger partial charge in [0.05, 0.1) is 0 Å². The van der Waals surface area contributed by atoms with Gasteiger partial charge in [0.25, 0.3) is 11.2 Å². The van der Waals surface area contributed by atoms with Gasteiger partial charge in [0.15, 0.2) is 17.4 Å². The van der Waals surface area contributed by atoms with Crippen LogP contribution in [0.5, 0.6) is 0 Å². The van der Waals surface area contributed by atoms with Crippen LogP contribution in [0.2, 0.25) is 0 Å². The molecular weight excluding hydrogens is 308 g/mol. The van der Waals surface area contributed by atoms with Crippen molar-refractivity contribution in [2.24, 2.45) is 7.05 Å². The molecule has 0 bridgehead atoms. The lowest BCUT2D eigenvalue weighted by Crippen LogP contribution is -2.45. The van der Waals surface area contributed by atoms with Crippen LogP contribution in [0.1, 0.15) is 44.5 Å². The van der Waals surface area contributed by atoms with Crippen LogP contribution < -0.4 is 9.13 Å². The molecule has 124 valence electrons. The van der Waals surface area contributed by atoms with E-state index in [4.69, 9.17) is 4.98 Å². The van der Waals surface area contributed by atoms with E-state index >= 15 is 0 Å². The van der Waals surface area contributed by atoms with E-state index in [-0.39, 0.29) is 10.8 Å². The molecule has 4 aromatic rings. The Morgan fingerprint density at radius 2 is 1.92 bits per heavy atom. The molecule has 0 fully saturated rings. The molecule has 0 spiro atoms. The number of aromatic nitrogens is 4. The number of nitrogens with zero attached hydrogens (tertiary/aromatic N) is 4. The minimum absolute atomic E-state index is 0.0447. The first kappa shape index (κ1) is 13.8. The molecule has 0 radical (unpaired) electrons. The molecule has 0 aromatic carbocycles. The molecule has 0 saturated carbocycles. The van der Waals surface area contributed by atoms with Crippen molar-refractivity contribution in [3.05, 3.63) is 47.5 Å². The van der Waals surface area contributed by atoms with Gasteiger partial charge in [-0.05, 0) is 6.07 Å². The number of pyridine rings is 3. The Morgan fingerprint density at radius 1 is 1.12 bits per heavy atom. The lowest BCUT2D eigenvalue weighted by Gasteiger charge is -2.42. The van der Waals surface area contributed by atoms with Crippen LogP contribution in [0, 0.1) is 0 Å². The highest BCUT2D eigenvalue weighted by Gasteiger charge is 2.52. The quantitative estimate of drug-likeness (QED) is 0.316. The summed E-state index contributed by atoms with van der Waals surface area (Å²) in [4.78, 5) is 4.83. The van der Waals surface area contributed by atoms with Crippen molar-refractivity contribution in [2.45, 2.75) is 45.1 Å². The van der Waals surface area contributed by atoms with Gasteiger partial charge in [-0.2, -0.15) is 8.97 Å². The van der Waals surface area contributed by atoms with E-state index in [2.05, 4.69) is 72.8 Å². The molecule has 0 amide bonds. The summed E-state index contributed by atoms with van der Waals surface area (Å²) in [6.45, 7) is 10.5. The number of aryl methyl sites for hydroxylation is 1. The molecular formula is C21H22N4+2. The second kappa shape index (κ2) is 3.69. The van der Waals surface area contributed by atoms with Crippen molar-refractivity contribution in [2.75, 3.05) is 0 Å². The van der Waals surface area contributed by atoms with E-state index in [1.807, 2.05) is 6.20 Å². The molecule has 6 heterocycles. The summed E-state index contributed by atoms with van der Waals surface area (Å²) in [6.07, 6.45) is 6.55. The summed E-state index contributed by atoms with van der Waals surface area (Å²) in [5.41, 5.74) is 9.33. The van der Waals surface area contributed by atoms with Gasteiger partial charge in [-0.15, -0.1) is 0 Å². The highest BCUT2D eigenvalue weighted by atomic mass is 15.2. The number of imidazole rings is 1. The summed E-state index contributed by atoms with van der Waals surface area (Å²) >= 11 is 0.